The monoisotopic (exact) mass is 278 g/mol. The predicted octanol–water partition coefficient (Wildman–Crippen LogP) is 4.11. The van der Waals surface area contributed by atoms with Crippen molar-refractivity contribution >= 4 is 28.4 Å². The minimum absolute atomic E-state index is 0.644. The average molecular weight is 278 g/mol. The lowest BCUT2D eigenvalue weighted by atomic mass is 10.2. The topological polar surface area (TPSA) is 49.8 Å². The van der Waals surface area contributed by atoms with E-state index in [2.05, 4.69) is 51.8 Å². The van der Waals surface area contributed by atoms with Crippen LogP contribution in [0.15, 0.2) is 48.5 Å². The molecule has 0 atom stereocenters. The van der Waals surface area contributed by atoms with Crippen LogP contribution in [0, 0.1) is 6.92 Å². The Kier molecular flexibility index (Phi) is 3.69. The van der Waals surface area contributed by atoms with E-state index in [1.54, 1.807) is 0 Å². The Labute approximate surface area is 124 Å². The number of nitrogens with one attached hydrogen (secondary N) is 2. The molecule has 3 rings (SSSR count). The summed E-state index contributed by atoms with van der Waals surface area (Å²) in [5, 5.41) is 7.57. The van der Waals surface area contributed by atoms with Gasteiger partial charge in [-0.1, -0.05) is 29.8 Å². The molecule has 0 bridgehead atoms. The summed E-state index contributed by atoms with van der Waals surface area (Å²) < 4.78 is 0. The zero-order valence-corrected chi connectivity index (χ0v) is 12.2. The summed E-state index contributed by atoms with van der Waals surface area (Å²) in [7, 11) is 0. The van der Waals surface area contributed by atoms with E-state index in [0.717, 1.165) is 29.0 Å². The van der Waals surface area contributed by atoms with Crippen molar-refractivity contribution in [2.45, 2.75) is 13.8 Å². The molecule has 1 heterocycles. The number of fused-ring (bicyclic) bond motifs is 1. The SMILES string of the molecule is CCNc1nc(Nc2ccc(C)cc2)c2ccccc2n1. The predicted molar refractivity (Wildman–Crippen MR) is 88.2 cm³/mol. The minimum atomic E-state index is 0.644. The summed E-state index contributed by atoms with van der Waals surface area (Å²) in [5.41, 5.74) is 3.19. The molecule has 0 fully saturated rings. The molecule has 0 radical (unpaired) electrons. The molecular weight excluding hydrogens is 260 g/mol. The van der Waals surface area contributed by atoms with E-state index >= 15 is 0 Å². The number of rotatable bonds is 4. The summed E-state index contributed by atoms with van der Waals surface area (Å²) in [6.07, 6.45) is 0. The van der Waals surface area contributed by atoms with Crippen molar-refractivity contribution in [3.8, 4) is 0 Å². The molecule has 21 heavy (non-hydrogen) atoms. The van der Waals surface area contributed by atoms with E-state index < -0.39 is 0 Å². The van der Waals surface area contributed by atoms with Crippen LogP contribution >= 0.6 is 0 Å². The number of benzene rings is 2. The third-order valence-electron chi connectivity index (χ3n) is 3.25. The molecule has 0 saturated carbocycles. The average Bonchev–Trinajstić information content (AvgIpc) is 2.50. The molecule has 2 N–H and O–H groups in total. The first-order chi connectivity index (χ1) is 10.3. The van der Waals surface area contributed by atoms with Crippen molar-refractivity contribution in [2.24, 2.45) is 0 Å². The molecule has 3 aromatic rings. The van der Waals surface area contributed by atoms with Crippen molar-refractivity contribution < 1.29 is 0 Å². The number of hydrogen-bond acceptors (Lipinski definition) is 4. The van der Waals surface area contributed by atoms with Gasteiger partial charge in [0.1, 0.15) is 5.82 Å². The van der Waals surface area contributed by atoms with E-state index in [9.17, 15) is 0 Å². The number of anilines is 3. The molecule has 106 valence electrons. The van der Waals surface area contributed by atoms with Crippen molar-refractivity contribution in [2.75, 3.05) is 17.2 Å². The molecule has 4 nitrogen and oxygen atoms in total. The lowest BCUT2D eigenvalue weighted by molar-refractivity contribution is 1.11. The molecule has 0 saturated heterocycles. The summed E-state index contributed by atoms with van der Waals surface area (Å²) in [6.45, 7) is 4.90. The van der Waals surface area contributed by atoms with E-state index in [0.29, 0.717) is 5.95 Å². The normalized spacial score (nSPS) is 10.6. The van der Waals surface area contributed by atoms with Gasteiger partial charge in [0.05, 0.1) is 5.52 Å². The quantitative estimate of drug-likeness (QED) is 0.754. The van der Waals surface area contributed by atoms with Crippen LogP contribution in [0.1, 0.15) is 12.5 Å². The highest BCUT2D eigenvalue weighted by Crippen LogP contribution is 2.25. The van der Waals surface area contributed by atoms with Crippen LogP contribution in [0.25, 0.3) is 10.9 Å². The maximum absolute atomic E-state index is 4.58. The highest BCUT2D eigenvalue weighted by atomic mass is 15.1. The molecule has 0 aliphatic rings. The second-order valence-corrected chi connectivity index (χ2v) is 4.93. The van der Waals surface area contributed by atoms with Crippen molar-refractivity contribution in [3.05, 3.63) is 54.1 Å². The third kappa shape index (κ3) is 2.94. The van der Waals surface area contributed by atoms with Gasteiger partial charge in [-0.15, -0.1) is 0 Å². The largest absolute Gasteiger partial charge is 0.354 e. The molecular formula is C17H18N4. The Morgan fingerprint density at radius 1 is 0.952 bits per heavy atom. The van der Waals surface area contributed by atoms with Gasteiger partial charge in [0.25, 0.3) is 0 Å². The first kappa shape index (κ1) is 13.4. The lowest BCUT2D eigenvalue weighted by Crippen LogP contribution is -2.05. The molecule has 0 unspecified atom stereocenters. The summed E-state index contributed by atoms with van der Waals surface area (Å²) in [5.74, 6) is 1.46. The van der Waals surface area contributed by atoms with Gasteiger partial charge < -0.3 is 10.6 Å². The fourth-order valence-electron chi connectivity index (χ4n) is 2.18. The van der Waals surface area contributed by atoms with Gasteiger partial charge >= 0.3 is 0 Å². The van der Waals surface area contributed by atoms with Crippen LogP contribution in [-0.2, 0) is 0 Å². The number of para-hydroxylation sites is 1. The Morgan fingerprint density at radius 2 is 1.71 bits per heavy atom. The van der Waals surface area contributed by atoms with Gasteiger partial charge in [0.15, 0.2) is 0 Å². The van der Waals surface area contributed by atoms with Gasteiger partial charge in [-0.2, -0.15) is 4.98 Å². The zero-order chi connectivity index (χ0) is 14.7. The molecule has 0 spiro atoms. The van der Waals surface area contributed by atoms with Crippen molar-refractivity contribution in [1.29, 1.82) is 0 Å². The van der Waals surface area contributed by atoms with Crippen LogP contribution in [0.3, 0.4) is 0 Å². The van der Waals surface area contributed by atoms with E-state index in [1.165, 1.54) is 5.56 Å². The third-order valence-corrected chi connectivity index (χ3v) is 3.25. The van der Waals surface area contributed by atoms with E-state index in [4.69, 9.17) is 0 Å². The standard InChI is InChI=1S/C17H18N4/c1-3-18-17-20-15-7-5-4-6-14(15)16(21-17)19-13-10-8-12(2)9-11-13/h4-11H,3H2,1-2H3,(H2,18,19,20,21). The zero-order valence-electron chi connectivity index (χ0n) is 12.2. The van der Waals surface area contributed by atoms with Gasteiger partial charge in [-0.05, 0) is 38.1 Å². The Morgan fingerprint density at radius 3 is 2.48 bits per heavy atom. The maximum Gasteiger partial charge on any atom is 0.225 e. The Hall–Kier alpha value is -2.62. The summed E-state index contributed by atoms with van der Waals surface area (Å²) >= 11 is 0. The smallest absolute Gasteiger partial charge is 0.225 e. The summed E-state index contributed by atoms with van der Waals surface area (Å²) in [4.78, 5) is 9.09. The van der Waals surface area contributed by atoms with Gasteiger partial charge in [-0.3, -0.25) is 0 Å². The first-order valence-electron chi connectivity index (χ1n) is 7.10. The number of aromatic nitrogens is 2. The van der Waals surface area contributed by atoms with Gasteiger partial charge in [0, 0.05) is 17.6 Å². The first-order valence-corrected chi connectivity index (χ1v) is 7.10. The fraction of sp³-hybridized carbons (Fsp3) is 0.176. The fourth-order valence-corrected chi connectivity index (χ4v) is 2.18. The van der Waals surface area contributed by atoms with Crippen LogP contribution in [0.4, 0.5) is 17.5 Å². The molecule has 0 aliphatic heterocycles. The van der Waals surface area contributed by atoms with Gasteiger partial charge in [0.2, 0.25) is 5.95 Å². The summed E-state index contributed by atoms with van der Waals surface area (Å²) in [6, 6.07) is 16.3. The molecule has 1 aromatic heterocycles. The van der Waals surface area contributed by atoms with Crippen LogP contribution in [-0.4, -0.2) is 16.5 Å². The highest BCUT2D eigenvalue weighted by Gasteiger charge is 2.07. The van der Waals surface area contributed by atoms with E-state index in [1.807, 2.05) is 31.2 Å². The Balaban J connectivity index is 2.04. The van der Waals surface area contributed by atoms with Gasteiger partial charge in [-0.25, -0.2) is 4.98 Å². The highest BCUT2D eigenvalue weighted by molar-refractivity contribution is 5.91. The molecule has 0 aliphatic carbocycles. The van der Waals surface area contributed by atoms with Crippen molar-refractivity contribution in [3.63, 3.8) is 0 Å². The maximum atomic E-state index is 4.58. The molecule has 0 amide bonds. The van der Waals surface area contributed by atoms with Crippen LogP contribution < -0.4 is 10.6 Å². The lowest BCUT2D eigenvalue weighted by Gasteiger charge is -2.11. The number of nitrogens with zero attached hydrogens (tertiary/aromatic N) is 2. The second-order valence-electron chi connectivity index (χ2n) is 4.93. The molecule has 2 aromatic carbocycles. The van der Waals surface area contributed by atoms with Crippen molar-refractivity contribution in [1.82, 2.24) is 9.97 Å². The number of aryl methyl sites for hydroxylation is 1. The van der Waals surface area contributed by atoms with Crippen LogP contribution in [0.5, 0.6) is 0 Å². The molecule has 4 heteroatoms. The Bertz CT molecular complexity index is 750. The minimum Gasteiger partial charge on any atom is -0.354 e. The second kappa shape index (κ2) is 5.79. The van der Waals surface area contributed by atoms with Crippen LogP contribution in [0.2, 0.25) is 0 Å². The van der Waals surface area contributed by atoms with E-state index in [-0.39, 0.29) is 0 Å². The number of hydrogen-bond donors (Lipinski definition) is 2.